The summed E-state index contributed by atoms with van der Waals surface area (Å²) in [6, 6.07) is 5.65. The molecule has 2 aromatic heterocycles. The average Bonchev–Trinajstić information content (AvgIpc) is 3.35. The predicted molar refractivity (Wildman–Crippen MR) is 116 cm³/mol. The first kappa shape index (κ1) is 20.6. The maximum atomic E-state index is 13.1. The Labute approximate surface area is 183 Å². The van der Waals surface area contributed by atoms with Gasteiger partial charge in [-0.15, -0.1) is 0 Å². The van der Waals surface area contributed by atoms with Crippen molar-refractivity contribution in [3.63, 3.8) is 0 Å². The lowest BCUT2D eigenvalue weighted by Crippen LogP contribution is -2.48. The Hall–Kier alpha value is -3.27. The van der Waals surface area contributed by atoms with Gasteiger partial charge in [0.05, 0.1) is 24.1 Å². The molecule has 8 nitrogen and oxygen atoms in total. The molecule has 1 aromatic carbocycles. The Bertz CT molecular complexity index is 1140. The first-order valence-corrected chi connectivity index (χ1v) is 10.7. The lowest BCUT2D eigenvalue weighted by Gasteiger charge is -2.37. The second-order valence-electron chi connectivity index (χ2n) is 8.19. The Kier molecular flexibility index (Phi) is 5.38. The fraction of sp³-hybridized carbons (Fsp3) is 0.409. The van der Waals surface area contributed by atoms with Crippen LogP contribution in [0.1, 0.15) is 22.8 Å². The number of amides is 1. The first-order valence-electron chi connectivity index (χ1n) is 10.7. The van der Waals surface area contributed by atoms with E-state index in [9.17, 15) is 13.6 Å². The molecule has 0 aliphatic carbocycles. The summed E-state index contributed by atoms with van der Waals surface area (Å²) in [6.07, 6.45) is 3.34. The minimum atomic E-state index is -2.34. The van der Waals surface area contributed by atoms with E-state index in [1.807, 2.05) is 19.1 Å². The second kappa shape index (κ2) is 8.34. The van der Waals surface area contributed by atoms with E-state index in [4.69, 9.17) is 4.74 Å². The van der Waals surface area contributed by atoms with E-state index in [2.05, 4.69) is 20.3 Å². The van der Waals surface area contributed by atoms with Crippen LogP contribution in [0.25, 0.3) is 5.65 Å². The number of hydrogen-bond donors (Lipinski definition) is 1. The molecule has 1 N–H and O–H groups in total. The number of alkyl halides is 2. The van der Waals surface area contributed by atoms with E-state index in [1.165, 1.54) is 6.20 Å². The molecular weight excluding hydrogens is 418 g/mol. The van der Waals surface area contributed by atoms with Crippen LogP contribution in [0, 0.1) is 0 Å². The summed E-state index contributed by atoms with van der Waals surface area (Å²) in [5.74, 6) is 0.501. The highest BCUT2D eigenvalue weighted by molar-refractivity contribution is 6.09. The third-order valence-electron chi connectivity index (χ3n) is 5.90. The maximum absolute atomic E-state index is 13.1. The molecule has 1 saturated heterocycles. The highest BCUT2D eigenvalue weighted by Gasteiger charge is 2.27. The molecule has 0 saturated carbocycles. The zero-order valence-electron chi connectivity index (χ0n) is 17.7. The summed E-state index contributed by atoms with van der Waals surface area (Å²) in [6.45, 7) is 4.02. The third kappa shape index (κ3) is 3.97. The Morgan fingerprint density at radius 1 is 1.28 bits per heavy atom. The van der Waals surface area contributed by atoms with Gasteiger partial charge < -0.3 is 15.0 Å². The summed E-state index contributed by atoms with van der Waals surface area (Å²) in [5.41, 5.74) is 3.39. The topological polar surface area (TPSA) is 75.0 Å². The van der Waals surface area contributed by atoms with Crippen LogP contribution in [0.2, 0.25) is 0 Å². The third-order valence-corrected chi connectivity index (χ3v) is 5.90. The van der Waals surface area contributed by atoms with Gasteiger partial charge in [0.1, 0.15) is 17.4 Å². The van der Waals surface area contributed by atoms with E-state index in [0.29, 0.717) is 43.1 Å². The van der Waals surface area contributed by atoms with Gasteiger partial charge in [0.2, 0.25) is 0 Å². The van der Waals surface area contributed by atoms with Crippen LogP contribution in [-0.2, 0) is 6.42 Å². The van der Waals surface area contributed by atoms with Gasteiger partial charge in [-0.3, -0.25) is 9.69 Å². The van der Waals surface area contributed by atoms with Crippen molar-refractivity contribution in [3.8, 4) is 5.75 Å². The molecule has 2 aliphatic heterocycles. The Morgan fingerprint density at radius 2 is 2.09 bits per heavy atom. The molecule has 32 heavy (non-hydrogen) atoms. The number of halogens is 2. The van der Waals surface area contributed by atoms with E-state index < -0.39 is 6.43 Å². The van der Waals surface area contributed by atoms with Crippen LogP contribution in [-0.4, -0.2) is 70.7 Å². The van der Waals surface area contributed by atoms with Crippen LogP contribution >= 0.6 is 0 Å². The molecule has 168 valence electrons. The summed E-state index contributed by atoms with van der Waals surface area (Å²) in [7, 11) is 0. The number of fused-ring (bicyclic) bond motifs is 2. The molecule has 2 aliphatic rings. The van der Waals surface area contributed by atoms with Gasteiger partial charge in [0.25, 0.3) is 12.3 Å². The maximum Gasteiger partial charge on any atom is 0.261 e. The molecule has 0 spiro atoms. The largest absolute Gasteiger partial charge is 0.490 e. The van der Waals surface area contributed by atoms with Crippen molar-refractivity contribution in [1.29, 1.82) is 0 Å². The van der Waals surface area contributed by atoms with Crippen molar-refractivity contribution in [1.82, 2.24) is 19.5 Å². The average molecular weight is 442 g/mol. The lowest BCUT2D eigenvalue weighted by atomic mass is 10.1. The molecule has 10 heteroatoms. The van der Waals surface area contributed by atoms with Gasteiger partial charge in [-0.25, -0.2) is 18.3 Å². The van der Waals surface area contributed by atoms with Crippen molar-refractivity contribution < 1.29 is 18.3 Å². The molecule has 1 unspecified atom stereocenters. The van der Waals surface area contributed by atoms with Crippen molar-refractivity contribution in [2.45, 2.75) is 25.9 Å². The molecule has 5 rings (SSSR count). The van der Waals surface area contributed by atoms with E-state index in [-0.39, 0.29) is 18.6 Å². The number of hydrogen-bond acceptors (Lipinski definition) is 6. The highest BCUT2D eigenvalue weighted by Crippen LogP contribution is 2.39. The quantitative estimate of drug-likeness (QED) is 0.655. The Morgan fingerprint density at radius 3 is 2.88 bits per heavy atom. The van der Waals surface area contributed by atoms with E-state index in [0.717, 1.165) is 23.4 Å². The van der Waals surface area contributed by atoms with Crippen molar-refractivity contribution in [3.05, 3.63) is 47.9 Å². The van der Waals surface area contributed by atoms with Gasteiger partial charge in [0, 0.05) is 56.6 Å². The molecule has 3 aromatic rings. The molecule has 4 heterocycles. The number of carbonyl (C=O) groups excluding carboxylic acids is 1. The van der Waals surface area contributed by atoms with Gasteiger partial charge in [-0.1, -0.05) is 0 Å². The number of piperazine rings is 1. The minimum Gasteiger partial charge on any atom is -0.490 e. The fourth-order valence-electron chi connectivity index (χ4n) is 4.36. The zero-order valence-corrected chi connectivity index (χ0v) is 17.7. The first-order chi connectivity index (χ1) is 15.5. The van der Waals surface area contributed by atoms with Crippen LogP contribution in [0.3, 0.4) is 0 Å². The molecule has 1 fully saturated rings. The summed E-state index contributed by atoms with van der Waals surface area (Å²) in [5, 5.41) is 7.22. The van der Waals surface area contributed by atoms with Crippen molar-refractivity contribution in [2.75, 3.05) is 42.9 Å². The minimum absolute atomic E-state index is 0.0653. The zero-order chi connectivity index (χ0) is 22.2. The van der Waals surface area contributed by atoms with E-state index >= 15 is 0 Å². The number of anilines is 2. The molecular formula is C22H24F2N6O2. The molecule has 1 atom stereocenters. The van der Waals surface area contributed by atoms with Gasteiger partial charge >= 0.3 is 0 Å². The van der Waals surface area contributed by atoms with E-state index in [1.54, 1.807) is 27.9 Å². The van der Waals surface area contributed by atoms with Crippen molar-refractivity contribution in [2.24, 2.45) is 0 Å². The normalized spacial score (nSPS) is 18.8. The monoisotopic (exact) mass is 442 g/mol. The number of nitrogens with one attached hydrogen (secondary N) is 1. The Balaban J connectivity index is 1.42. The number of rotatable bonds is 5. The van der Waals surface area contributed by atoms with Crippen LogP contribution < -0.4 is 15.0 Å². The van der Waals surface area contributed by atoms with Crippen molar-refractivity contribution >= 4 is 22.9 Å². The van der Waals surface area contributed by atoms with Crippen LogP contribution in [0.4, 0.5) is 20.2 Å². The number of ether oxygens (including phenoxy) is 1. The number of aromatic nitrogens is 3. The number of carbonyl (C=O) groups is 1. The van der Waals surface area contributed by atoms with Gasteiger partial charge in [0.15, 0.2) is 5.65 Å². The SMILES string of the molecule is CC1Cc2cc(NC(=O)c3cnn4cccnc34)c(N3CCN(CC(F)F)CC3)cc2O1. The number of nitrogens with zero attached hydrogens (tertiary/aromatic N) is 5. The van der Waals surface area contributed by atoms with Crippen LogP contribution in [0.5, 0.6) is 5.75 Å². The summed E-state index contributed by atoms with van der Waals surface area (Å²) >= 11 is 0. The number of benzene rings is 1. The lowest BCUT2D eigenvalue weighted by molar-refractivity contribution is 0.0854. The molecule has 0 radical (unpaired) electrons. The second-order valence-corrected chi connectivity index (χ2v) is 8.19. The van der Waals surface area contributed by atoms with Crippen LogP contribution in [0.15, 0.2) is 36.8 Å². The molecule has 0 bridgehead atoms. The standard InChI is InChI=1S/C22H24F2N6O2/c1-14-9-15-10-17(27-22(31)16-12-26-30-4-2-3-25-21(16)30)18(11-19(15)32-14)29-7-5-28(6-8-29)13-20(23)24/h2-4,10-12,14,20H,5-9,13H2,1H3,(H,27,31). The predicted octanol–water partition coefficient (Wildman–Crippen LogP) is 2.69. The molecule has 1 amide bonds. The smallest absolute Gasteiger partial charge is 0.261 e. The summed E-state index contributed by atoms with van der Waals surface area (Å²) < 4.78 is 33.0. The van der Waals surface area contributed by atoms with Gasteiger partial charge in [-0.2, -0.15) is 5.10 Å². The summed E-state index contributed by atoms with van der Waals surface area (Å²) in [4.78, 5) is 21.2. The highest BCUT2D eigenvalue weighted by atomic mass is 19.3. The van der Waals surface area contributed by atoms with Gasteiger partial charge in [-0.05, 0) is 19.1 Å². The fourth-order valence-corrected chi connectivity index (χ4v) is 4.36.